The first-order chi connectivity index (χ1) is 12.5. The third kappa shape index (κ3) is 5.08. The van der Waals surface area contributed by atoms with E-state index >= 15 is 0 Å². The van der Waals surface area contributed by atoms with E-state index < -0.39 is 6.03 Å². The van der Waals surface area contributed by atoms with Gasteiger partial charge in [-0.2, -0.15) is 0 Å². The van der Waals surface area contributed by atoms with Crippen molar-refractivity contribution in [3.63, 3.8) is 0 Å². The summed E-state index contributed by atoms with van der Waals surface area (Å²) in [6.07, 6.45) is 0. The summed E-state index contributed by atoms with van der Waals surface area (Å²) in [5.41, 5.74) is 1.56. The molecule has 3 rings (SSSR count). The van der Waals surface area contributed by atoms with Crippen LogP contribution in [0.3, 0.4) is 0 Å². The normalized spacial score (nSPS) is 10.4. The third-order valence-electron chi connectivity index (χ3n) is 3.28. The summed E-state index contributed by atoms with van der Waals surface area (Å²) >= 11 is 13.0. The van der Waals surface area contributed by atoms with Gasteiger partial charge in [-0.1, -0.05) is 34.5 Å². The maximum Gasteiger partial charge on any atom is 0.325 e. The summed E-state index contributed by atoms with van der Waals surface area (Å²) in [6, 6.07) is 11.8. The molecule has 0 saturated carbocycles. The van der Waals surface area contributed by atoms with Gasteiger partial charge < -0.3 is 10.1 Å². The largest absolute Gasteiger partial charge is 0.486 e. The fourth-order valence-corrected chi connectivity index (χ4v) is 3.07. The van der Waals surface area contributed by atoms with Crippen LogP contribution in [-0.4, -0.2) is 16.2 Å². The van der Waals surface area contributed by atoms with Gasteiger partial charge in [0.15, 0.2) is 5.01 Å². The van der Waals surface area contributed by atoms with E-state index in [-0.39, 0.29) is 6.61 Å². The highest BCUT2D eigenvalue weighted by atomic mass is 35.5. The lowest BCUT2D eigenvalue weighted by Crippen LogP contribution is -2.19. The van der Waals surface area contributed by atoms with E-state index in [2.05, 4.69) is 20.8 Å². The minimum atomic E-state index is -0.413. The molecule has 134 valence electrons. The van der Waals surface area contributed by atoms with Gasteiger partial charge in [0.1, 0.15) is 12.4 Å². The summed E-state index contributed by atoms with van der Waals surface area (Å²) in [5.74, 6) is 0.722. The zero-order valence-electron chi connectivity index (χ0n) is 13.6. The highest BCUT2D eigenvalue weighted by molar-refractivity contribution is 7.15. The molecule has 3 aromatic rings. The summed E-state index contributed by atoms with van der Waals surface area (Å²) < 4.78 is 5.71. The molecule has 0 atom stereocenters. The average molecular weight is 409 g/mol. The standard InChI is InChI=1S/C17H14Cl2N4O2S/c1-10-8-12(19)4-7-14(10)25-9-15-22-23-17(26-15)21-16(24)20-13-5-2-11(18)3-6-13/h2-8H,9H2,1H3,(H2,20,21,23,24). The number of anilines is 2. The molecule has 1 heterocycles. The number of aryl methyl sites for hydroxylation is 1. The second kappa shape index (κ2) is 8.35. The van der Waals surface area contributed by atoms with Gasteiger partial charge in [0.2, 0.25) is 5.13 Å². The Labute approximate surface area is 164 Å². The van der Waals surface area contributed by atoms with Crippen LogP contribution in [0.2, 0.25) is 10.0 Å². The van der Waals surface area contributed by atoms with Crippen molar-refractivity contribution in [3.05, 3.63) is 63.1 Å². The molecule has 1 aromatic heterocycles. The smallest absolute Gasteiger partial charge is 0.325 e. The number of ether oxygens (including phenoxy) is 1. The van der Waals surface area contributed by atoms with Crippen molar-refractivity contribution in [2.24, 2.45) is 0 Å². The number of nitrogens with zero attached hydrogens (tertiary/aromatic N) is 2. The Balaban J connectivity index is 1.54. The first-order valence-electron chi connectivity index (χ1n) is 7.54. The third-order valence-corrected chi connectivity index (χ3v) is 4.58. The lowest BCUT2D eigenvalue weighted by molar-refractivity contribution is 0.262. The molecule has 0 radical (unpaired) electrons. The lowest BCUT2D eigenvalue weighted by Gasteiger charge is -2.07. The van der Waals surface area contributed by atoms with E-state index in [1.807, 2.05) is 13.0 Å². The molecular weight excluding hydrogens is 395 g/mol. The van der Waals surface area contributed by atoms with Gasteiger partial charge >= 0.3 is 6.03 Å². The van der Waals surface area contributed by atoms with Gasteiger partial charge in [-0.25, -0.2) is 4.79 Å². The number of amides is 2. The molecule has 2 N–H and O–H groups in total. The molecule has 9 heteroatoms. The van der Waals surface area contributed by atoms with Crippen molar-refractivity contribution in [1.82, 2.24) is 10.2 Å². The monoisotopic (exact) mass is 408 g/mol. The number of halogens is 2. The fraction of sp³-hybridized carbons (Fsp3) is 0.118. The van der Waals surface area contributed by atoms with Gasteiger partial charge in [-0.3, -0.25) is 5.32 Å². The lowest BCUT2D eigenvalue weighted by atomic mass is 10.2. The Morgan fingerprint density at radius 3 is 2.54 bits per heavy atom. The van der Waals surface area contributed by atoms with Gasteiger partial charge in [-0.15, -0.1) is 10.2 Å². The zero-order valence-corrected chi connectivity index (χ0v) is 16.0. The quantitative estimate of drug-likeness (QED) is 0.594. The molecule has 0 spiro atoms. The molecule has 0 bridgehead atoms. The molecule has 6 nitrogen and oxygen atoms in total. The summed E-state index contributed by atoms with van der Waals surface area (Å²) in [6.45, 7) is 2.16. The van der Waals surface area contributed by atoms with Crippen molar-refractivity contribution in [2.75, 3.05) is 10.6 Å². The highest BCUT2D eigenvalue weighted by Gasteiger charge is 2.10. The number of rotatable bonds is 5. The number of urea groups is 1. The number of carbonyl (C=O) groups excluding carboxylic acids is 1. The number of hydrogen-bond donors (Lipinski definition) is 2. The Bertz CT molecular complexity index is 915. The van der Waals surface area contributed by atoms with Crippen LogP contribution >= 0.6 is 34.5 Å². The maximum absolute atomic E-state index is 12.0. The predicted octanol–water partition coefficient (Wildman–Crippen LogP) is 5.38. The predicted molar refractivity (Wildman–Crippen MR) is 105 cm³/mol. The van der Waals surface area contributed by atoms with Crippen LogP contribution in [0.4, 0.5) is 15.6 Å². The van der Waals surface area contributed by atoms with Gasteiger partial charge in [-0.05, 0) is 55.0 Å². The van der Waals surface area contributed by atoms with Crippen molar-refractivity contribution < 1.29 is 9.53 Å². The summed E-state index contributed by atoms with van der Waals surface area (Å²) in [5, 5.41) is 15.5. The van der Waals surface area contributed by atoms with Crippen LogP contribution in [0, 0.1) is 6.92 Å². The van der Waals surface area contributed by atoms with E-state index in [0.717, 1.165) is 11.3 Å². The molecule has 0 aliphatic carbocycles. The van der Waals surface area contributed by atoms with Gasteiger partial charge in [0, 0.05) is 15.7 Å². The van der Waals surface area contributed by atoms with E-state index in [1.54, 1.807) is 36.4 Å². The van der Waals surface area contributed by atoms with Gasteiger partial charge in [0.05, 0.1) is 0 Å². The minimum Gasteiger partial charge on any atom is -0.486 e. The van der Waals surface area contributed by atoms with Gasteiger partial charge in [0.25, 0.3) is 0 Å². The Morgan fingerprint density at radius 2 is 1.81 bits per heavy atom. The molecule has 0 unspecified atom stereocenters. The number of nitrogens with one attached hydrogen (secondary N) is 2. The minimum absolute atomic E-state index is 0.251. The van der Waals surface area contributed by atoms with Crippen LogP contribution in [0.15, 0.2) is 42.5 Å². The van der Waals surface area contributed by atoms with Crippen molar-refractivity contribution in [2.45, 2.75) is 13.5 Å². The number of benzene rings is 2. The average Bonchev–Trinajstić information content (AvgIpc) is 3.03. The molecule has 0 saturated heterocycles. The number of aromatic nitrogens is 2. The van der Waals surface area contributed by atoms with E-state index in [0.29, 0.717) is 25.9 Å². The molecule has 0 aliphatic rings. The maximum atomic E-state index is 12.0. The number of hydrogen-bond acceptors (Lipinski definition) is 5. The molecule has 2 amide bonds. The van der Waals surface area contributed by atoms with Crippen molar-refractivity contribution in [3.8, 4) is 5.75 Å². The molecule has 0 aliphatic heterocycles. The van der Waals surface area contributed by atoms with Crippen LogP contribution < -0.4 is 15.4 Å². The second-order valence-corrected chi connectivity index (χ2v) is 7.22. The van der Waals surface area contributed by atoms with Crippen molar-refractivity contribution >= 4 is 51.4 Å². The Morgan fingerprint density at radius 1 is 1.08 bits per heavy atom. The molecule has 2 aromatic carbocycles. The van der Waals surface area contributed by atoms with E-state index in [9.17, 15) is 4.79 Å². The Kier molecular flexibility index (Phi) is 5.92. The first-order valence-corrected chi connectivity index (χ1v) is 9.12. The number of carbonyl (C=O) groups is 1. The van der Waals surface area contributed by atoms with Crippen LogP contribution in [-0.2, 0) is 6.61 Å². The molecule has 26 heavy (non-hydrogen) atoms. The Hall–Kier alpha value is -2.35. The highest BCUT2D eigenvalue weighted by Crippen LogP contribution is 2.24. The zero-order chi connectivity index (χ0) is 18.5. The fourth-order valence-electron chi connectivity index (χ4n) is 2.07. The SMILES string of the molecule is Cc1cc(Cl)ccc1OCc1nnc(NC(=O)Nc2ccc(Cl)cc2)s1. The molecule has 0 fully saturated rings. The van der Waals surface area contributed by atoms with Crippen LogP contribution in [0.1, 0.15) is 10.6 Å². The van der Waals surface area contributed by atoms with Crippen LogP contribution in [0.5, 0.6) is 5.75 Å². The second-order valence-electron chi connectivity index (χ2n) is 5.29. The summed E-state index contributed by atoms with van der Waals surface area (Å²) in [7, 11) is 0. The molecular formula is C17H14Cl2N4O2S. The van der Waals surface area contributed by atoms with Crippen molar-refractivity contribution in [1.29, 1.82) is 0 Å². The van der Waals surface area contributed by atoms with Crippen LogP contribution in [0.25, 0.3) is 0 Å². The summed E-state index contributed by atoms with van der Waals surface area (Å²) in [4.78, 5) is 12.0. The van der Waals surface area contributed by atoms with E-state index in [4.69, 9.17) is 27.9 Å². The van der Waals surface area contributed by atoms with E-state index in [1.165, 1.54) is 11.3 Å². The first kappa shape index (κ1) is 18.4. The topological polar surface area (TPSA) is 76.1 Å².